The molecule has 0 unspecified atom stereocenters. The minimum absolute atomic E-state index is 0. The van der Waals surface area contributed by atoms with Crippen LogP contribution in [0.25, 0.3) is 0 Å². The van der Waals surface area contributed by atoms with E-state index in [-0.39, 0.29) is 41.7 Å². The van der Waals surface area contributed by atoms with E-state index in [9.17, 15) is 8.42 Å². The summed E-state index contributed by atoms with van der Waals surface area (Å²) in [5.41, 5.74) is 2.25. The van der Waals surface area contributed by atoms with E-state index in [4.69, 9.17) is 0 Å². The Morgan fingerprint density at radius 2 is 1.57 bits per heavy atom. The van der Waals surface area contributed by atoms with Crippen molar-refractivity contribution in [3.05, 3.63) is 65.7 Å². The molecule has 154 valence electrons. The molecule has 2 N–H and O–H groups in total. The van der Waals surface area contributed by atoms with Crippen LogP contribution in [0.2, 0.25) is 0 Å². The SMILES string of the molecule is CN=C(NCCS(=O)(=O)c1ccc(C(C)(C)C)cc1)NCc1ccccc1.I. The van der Waals surface area contributed by atoms with Crippen molar-refractivity contribution < 1.29 is 8.42 Å². The minimum atomic E-state index is -3.34. The maximum atomic E-state index is 12.5. The monoisotopic (exact) mass is 515 g/mol. The quantitative estimate of drug-likeness (QED) is 0.350. The van der Waals surface area contributed by atoms with Gasteiger partial charge in [0.15, 0.2) is 15.8 Å². The minimum Gasteiger partial charge on any atom is -0.355 e. The molecule has 28 heavy (non-hydrogen) atoms. The molecular weight excluding hydrogens is 485 g/mol. The van der Waals surface area contributed by atoms with E-state index >= 15 is 0 Å². The van der Waals surface area contributed by atoms with Gasteiger partial charge in [-0.3, -0.25) is 4.99 Å². The Labute approximate surface area is 186 Å². The Balaban J connectivity index is 0.00000392. The normalized spacial score (nSPS) is 12.2. The van der Waals surface area contributed by atoms with Crippen molar-refractivity contribution in [1.29, 1.82) is 0 Å². The summed E-state index contributed by atoms with van der Waals surface area (Å²) in [7, 11) is -1.67. The number of guanidine groups is 1. The second-order valence-corrected chi connectivity index (χ2v) is 9.54. The number of aliphatic imine (C=N–C) groups is 1. The topological polar surface area (TPSA) is 70.6 Å². The van der Waals surface area contributed by atoms with Gasteiger partial charge in [0.2, 0.25) is 0 Å². The van der Waals surface area contributed by atoms with Crippen molar-refractivity contribution in [1.82, 2.24) is 10.6 Å². The van der Waals surface area contributed by atoms with Crippen LogP contribution in [0, 0.1) is 0 Å². The van der Waals surface area contributed by atoms with Gasteiger partial charge in [0.1, 0.15) is 0 Å². The predicted octanol–water partition coefficient (Wildman–Crippen LogP) is 3.74. The van der Waals surface area contributed by atoms with Crippen LogP contribution in [0.4, 0.5) is 0 Å². The number of nitrogens with zero attached hydrogens (tertiary/aromatic N) is 1. The Morgan fingerprint density at radius 1 is 0.964 bits per heavy atom. The number of hydrogen-bond acceptors (Lipinski definition) is 3. The molecule has 0 saturated carbocycles. The van der Waals surface area contributed by atoms with Crippen molar-refractivity contribution in [2.75, 3.05) is 19.3 Å². The molecule has 2 aromatic rings. The summed E-state index contributed by atoms with van der Waals surface area (Å²) in [6.07, 6.45) is 0. The fourth-order valence-corrected chi connectivity index (χ4v) is 3.74. The summed E-state index contributed by atoms with van der Waals surface area (Å²) in [6.45, 7) is 7.23. The third kappa shape index (κ3) is 7.43. The Kier molecular flexibility index (Phi) is 9.43. The second kappa shape index (κ2) is 10.8. The lowest BCUT2D eigenvalue weighted by molar-refractivity contribution is 0.586. The number of hydrogen-bond donors (Lipinski definition) is 2. The largest absolute Gasteiger partial charge is 0.355 e. The van der Waals surface area contributed by atoms with Crippen molar-refractivity contribution in [3.8, 4) is 0 Å². The molecule has 0 aliphatic rings. The first-order valence-corrected chi connectivity index (χ1v) is 10.7. The van der Waals surface area contributed by atoms with E-state index in [2.05, 4.69) is 36.4 Å². The van der Waals surface area contributed by atoms with Crippen LogP contribution in [0.3, 0.4) is 0 Å². The smallest absolute Gasteiger partial charge is 0.191 e. The van der Waals surface area contributed by atoms with E-state index in [0.717, 1.165) is 11.1 Å². The van der Waals surface area contributed by atoms with Crippen LogP contribution in [0.1, 0.15) is 31.9 Å². The zero-order chi connectivity index (χ0) is 19.9. The highest BCUT2D eigenvalue weighted by Gasteiger charge is 2.17. The van der Waals surface area contributed by atoms with Crippen LogP contribution in [0.5, 0.6) is 0 Å². The van der Waals surface area contributed by atoms with Crippen molar-refractivity contribution in [2.24, 2.45) is 4.99 Å². The first kappa shape index (κ1) is 24.4. The summed E-state index contributed by atoms with van der Waals surface area (Å²) in [6, 6.07) is 17.1. The van der Waals surface area contributed by atoms with Gasteiger partial charge in [-0.1, -0.05) is 63.2 Å². The summed E-state index contributed by atoms with van der Waals surface area (Å²) >= 11 is 0. The molecule has 0 aliphatic heterocycles. The van der Waals surface area contributed by atoms with Gasteiger partial charge in [0.05, 0.1) is 10.6 Å². The van der Waals surface area contributed by atoms with Gasteiger partial charge in [-0.25, -0.2) is 8.42 Å². The van der Waals surface area contributed by atoms with E-state index in [1.165, 1.54) is 0 Å². The Hall–Kier alpha value is -1.61. The van der Waals surface area contributed by atoms with Crippen LogP contribution >= 0.6 is 24.0 Å². The Morgan fingerprint density at radius 3 is 2.11 bits per heavy atom. The lowest BCUT2D eigenvalue weighted by Crippen LogP contribution is -2.39. The van der Waals surface area contributed by atoms with Gasteiger partial charge < -0.3 is 10.6 Å². The van der Waals surface area contributed by atoms with E-state index in [0.29, 0.717) is 17.4 Å². The molecule has 0 aliphatic carbocycles. The maximum absolute atomic E-state index is 12.5. The average Bonchev–Trinajstić information content (AvgIpc) is 2.64. The van der Waals surface area contributed by atoms with E-state index in [1.54, 1.807) is 19.2 Å². The second-order valence-electron chi connectivity index (χ2n) is 7.43. The van der Waals surface area contributed by atoms with Crippen molar-refractivity contribution in [2.45, 2.75) is 37.6 Å². The molecule has 5 nitrogen and oxygen atoms in total. The van der Waals surface area contributed by atoms with Gasteiger partial charge in [0.25, 0.3) is 0 Å². The molecule has 0 saturated heterocycles. The molecule has 2 rings (SSSR count). The highest BCUT2D eigenvalue weighted by Crippen LogP contribution is 2.23. The van der Waals surface area contributed by atoms with Crippen LogP contribution in [-0.2, 0) is 21.8 Å². The summed E-state index contributed by atoms with van der Waals surface area (Å²) in [4.78, 5) is 4.49. The van der Waals surface area contributed by atoms with Gasteiger partial charge >= 0.3 is 0 Å². The number of rotatable bonds is 6. The van der Waals surface area contributed by atoms with Crippen LogP contribution < -0.4 is 10.6 Å². The van der Waals surface area contributed by atoms with E-state index in [1.807, 2.05) is 42.5 Å². The van der Waals surface area contributed by atoms with E-state index < -0.39 is 9.84 Å². The molecular formula is C21H30IN3O2S. The van der Waals surface area contributed by atoms with Gasteiger partial charge in [-0.05, 0) is 28.7 Å². The number of sulfone groups is 1. The molecule has 0 amide bonds. The third-order valence-corrected chi connectivity index (χ3v) is 6.00. The van der Waals surface area contributed by atoms with Gasteiger partial charge in [-0.2, -0.15) is 0 Å². The number of halogens is 1. The Bertz CT molecular complexity index is 859. The zero-order valence-electron chi connectivity index (χ0n) is 16.9. The van der Waals surface area contributed by atoms with Crippen molar-refractivity contribution in [3.63, 3.8) is 0 Å². The van der Waals surface area contributed by atoms with Crippen LogP contribution in [0.15, 0.2) is 64.5 Å². The first-order chi connectivity index (χ1) is 12.7. The lowest BCUT2D eigenvalue weighted by Gasteiger charge is -2.19. The molecule has 0 bridgehead atoms. The highest BCUT2D eigenvalue weighted by molar-refractivity contribution is 14.0. The standard InChI is InChI=1S/C21H29N3O2S.HI/c1-21(2,3)18-10-12-19(13-11-18)27(25,26)15-14-23-20(22-4)24-16-17-8-6-5-7-9-17;/h5-13H,14-16H2,1-4H3,(H2,22,23,24);1H. The fraction of sp³-hybridized carbons (Fsp3) is 0.381. The molecule has 0 spiro atoms. The molecule has 0 heterocycles. The average molecular weight is 515 g/mol. The number of benzene rings is 2. The van der Waals surface area contributed by atoms with Crippen LogP contribution in [-0.4, -0.2) is 33.7 Å². The lowest BCUT2D eigenvalue weighted by atomic mass is 9.87. The highest BCUT2D eigenvalue weighted by atomic mass is 127. The molecule has 7 heteroatoms. The molecule has 0 fully saturated rings. The maximum Gasteiger partial charge on any atom is 0.191 e. The summed E-state index contributed by atoms with van der Waals surface area (Å²) < 4.78 is 25.1. The predicted molar refractivity (Wildman–Crippen MR) is 127 cm³/mol. The number of nitrogens with one attached hydrogen (secondary N) is 2. The zero-order valence-corrected chi connectivity index (χ0v) is 20.0. The van der Waals surface area contributed by atoms with Crippen molar-refractivity contribution >= 4 is 39.8 Å². The third-order valence-electron chi connectivity index (χ3n) is 4.27. The first-order valence-electron chi connectivity index (χ1n) is 9.04. The summed E-state index contributed by atoms with van der Waals surface area (Å²) in [5, 5.41) is 6.24. The molecule has 0 atom stereocenters. The molecule has 2 aromatic carbocycles. The van der Waals surface area contributed by atoms with Gasteiger partial charge in [0, 0.05) is 20.1 Å². The summed E-state index contributed by atoms with van der Waals surface area (Å²) in [5.74, 6) is 0.589. The van der Waals surface area contributed by atoms with Gasteiger partial charge in [-0.15, -0.1) is 24.0 Å². The fourth-order valence-electron chi connectivity index (χ4n) is 2.59. The molecule has 0 radical (unpaired) electrons. The molecule has 0 aromatic heterocycles.